The molecular weight excluding hydrogens is 356 g/mol. The minimum Gasteiger partial charge on any atom is -0.353 e. The molecule has 2 rings (SSSR count). The Morgan fingerprint density at radius 2 is 1.92 bits per heavy atom. The van der Waals surface area contributed by atoms with Gasteiger partial charge in [0.15, 0.2) is 0 Å². The van der Waals surface area contributed by atoms with E-state index in [1.807, 2.05) is 0 Å². The van der Waals surface area contributed by atoms with Crippen LogP contribution < -0.4 is 16.0 Å². The SMILES string of the molecule is CCCNCCNC(=O)CN1C(=O)NC2(CC(C)CC(C)(C)C2)C1=O.Cl. The second-order valence-electron chi connectivity index (χ2n) is 8.36. The number of nitrogens with zero attached hydrogens (tertiary/aromatic N) is 1. The molecule has 0 aromatic carbocycles. The van der Waals surface area contributed by atoms with Gasteiger partial charge in [0.25, 0.3) is 5.91 Å². The molecule has 26 heavy (non-hydrogen) atoms. The van der Waals surface area contributed by atoms with Crippen LogP contribution in [0.3, 0.4) is 0 Å². The van der Waals surface area contributed by atoms with Crippen molar-refractivity contribution in [1.82, 2.24) is 20.9 Å². The predicted molar refractivity (Wildman–Crippen MR) is 103 cm³/mol. The van der Waals surface area contributed by atoms with Crippen molar-refractivity contribution in [3.05, 3.63) is 0 Å². The third-order valence-electron chi connectivity index (χ3n) is 4.98. The summed E-state index contributed by atoms with van der Waals surface area (Å²) in [6.07, 6.45) is 3.32. The Balaban J connectivity index is 0.00000338. The van der Waals surface area contributed by atoms with E-state index >= 15 is 0 Å². The van der Waals surface area contributed by atoms with E-state index in [4.69, 9.17) is 0 Å². The molecule has 1 aliphatic heterocycles. The van der Waals surface area contributed by atoms with E-state index in [9.17, 15) is 14.4 Å². The van der Waals surface area contributed by atoms with Gasteiger partial charge in [0.1, 0.15) is 12.1 Å². The normalized spacial score (nSPS) is 27.2. The molecule has 0 bridgehead atoms. The van der Waals surface area contributed by atoms with Crippen molar-refractivity contribution in [2.45, 2.75) is 58.9 Å². The smallest absolute Gasteiger partial charge is 0.325 e. The fourth-order valence-electron chi connectivity index (χ4n) is 4.44. The highest BCUT2D eigenvalue weighted by molar-refractivity contribution is 6.09. The number of rotatable bonds is 7. The third kappa shape index (κ3) is 5.33. The monoisotopic (exact) mass is 388 g/mol. The van der Waals surface area contributed by atoms with Crippen LogP contribution in [0.5, 0.6) is 0 Å². The Morgan fingerprint density at radius 1 is 1.23 bits per heavy atom. The quantitative estimate of drug-likeness (QED) is 0.457. The van der Waals surface area contributed by atoms with Crippen molar-refractivity contribution in [2.24, 2.45) is 11.3 Å². The minimum atomic E-state index is -0.846. The Labute approximate surface area is 162 Å². The van der Waals surface area contributed by atoms with Gasteiger partial charge in [0.2, 0.25) is 5.91 Å². The number of hydrogen-bond donors (Lipinski definition) is 3. The lowest BCUT2D eigenvalue weighted by molar-refractivity contribution is -0.137. The Morgan fingerprint density at radius 3 is 2.54 bits per heavy atom. The number of amides is 4. The summed E-state index contributed by atoms with van der Waals surface area (Å²) in [5, 5.41) is 8.83. The van der Waals surface area contributed by atoms with Gasteiger partial charge in [0.05, 0.1) is 0 Å². The van der Waals surface area contributed by atoms with Crippen LogP contribution >= 0.6 is 12.4 Å². The fraction of sp³-hybridized carbons (Fsp3) is 0.833. The zero-order valence-electron chi connectivity index (χ0n) is 16.3. The molecule has 7 nitrogen and oxygen atoms in total. The van der Waals surface area contributed by atoms with Crippen LogP contribution in [0, 0.1) is 11.3 Å². The molecule has 3 N–H and O–H groups in total. The molecule has 2 atom stereocenters. The van der Waals surface area contributed by atoms with Gasteiger partial charge in [-0.1, -0.05) is 27.7 Å². The first-order valence-electron chi connectivity index (χ1n) is 9.31. The molecule has 1 saturated heterocycles. The first-order valence-corrected chi connectivity index (χ1v) is 9.31. The van der Waals surface area contributed by atoms with Crippen LogP contribution in [0.15, 0.2) is 0 Å². The van der Waals surface area contributed by atoms with Crippen molar-refractivity contribution < 1.29 is 14.4 Å². The molecule has 0 aromatic heterocycles. The van der Waals surface area contributed by atoms with E-state index in [1.54, 1.807) is 0 Å². The Hall–Kier alpha value is -1.34. The molecule has 1 spiro atoms. The topological polar surface area (TPSA) is 90.5 Å². The van der Waals surface area contributed by atoms with Crippen molar-refractivity contribution in [3.63, 3.8) is 0 Å². The molecule has 4 amide bonds. The van der Waals surface area contributed by atoms with Crippen molar-refractivity contribution in [2.75, 3.05) is 26.2 Å². The van der Waals surface area contributed by atoms with Crippen LogP contribution in [0.1, 0.15) is 53.4 Å². The lowest BCUT2D eigenvalue weighted by Gasteiger charge is -2.43. The summed E-state index contributed by atoms with van der Waals surface area (Å²) in [5.74, 6) is -0.204. The van der Waals surface area contributed by atoms with Gasteiger partial charge in [-0.05, 0) is 43.6 Å². The molecule has 0 radical (unpaired) electrons. The molecule has 2 aliphatic rings. The van der Waals surface area contributed by atoms with Crippen LogP contribution in [0.25, 0.3) is 0 Å². The highest BCUT2D eigenvalue weighted by Crippen LogP contribution is 2.46. The first-order chi connectivity index (χ1) is 11.7. The summed E-state index contributed by atoms with van der Waals surface area (Å²) in [5.41, 5.74) is -0.856. The zero-order chi connectivity index (χ0) is 18.7. The highest BCUT2D eigenvalue weighted by Gasteiger charge is 2.56. The van der Waals surface area contributed by atoms with Crippen LogP contribution in [-0.2, 0) is 9.59 Å². The van der Waals surface area contributed by atoms with E-state index in [2.05, 4.69) is 43.6 Å². The van der Waals surface area contributed by atoms with Gasteiger partial charge in [-0.2, -0.15) is 0 Å². The van der Waals surface area contributed by atoms with Gasteiger partial charge in [-0.3, -0.25) is 14.5 Å². The molecule has 1 aliphatic carbocycles. The maximum atomic E-state index is 12.9. The lowest BCUT2D eigenvalue weighted by atomic mass is 9.64. The molecule has 2 fully saturated rings. The maximum absolute atomic E-state index is 12.9. The number of urea groups is 1. The molecule has 0 aromatic rings. The summed E-state index contributed by atoms with van der Waals surface area (Å²) < 4.78 is 0. The number of imide groups is 1. The van der Waals surface area contributed by atoms with Crippen LogP contribution in [0.2, 0.25) is 0 Å². The molecule has 8 heteroatoms. The number of carbonyl (C=O) groups excluding carboxylic acids is 3. The first kappa shape index (κ1) is 22.7. The molecular formula is C18H33ClN4O3. The number of halogens is 1. The largest absolute Gasteiger partial charge is 0.353 e. The lowest BCUT2D eigenvalue weighted by Crippen LogP contribution is -2.54. The summed E-state index contributed by atoms with van der Waals surface area (Å²) in [7, 11) is 0. The summed E-state index contributed by atoms with van der Waals surface area (Å²) in [4.78, 5) is 38.4. The Kier molecular flexibility index (Phi) is 7.89. The molecule has 2 unspecified atom stereocenters. The van der Waals surface area contributed by atoms with Crippen LogP contribution in [0.4, 0.5) is 4.79 Å². The van der Waals surface area contributed by atoms with Crippen molar-refractivity contribution in [3.8, 4) is 0 Å². The number of carbonyl (C=O) groups is 3. The molecule has 1 saturated carbocycles. The van der Waals surface area contributed by atoms with Gasteiger partial charge in [-0.25, -0.2) is 4.79 Å². The van der Waals surface area contributed by atoms with E-state index in [0.29, 0.717) is 31.8 Å². The van der Waals surface area contributed by atoms with Crippen molar-refractivity contribution in [1.29, 1.82) is 0 Å². The number of nitrogens with one attached hydrogen (secondary N) is 3. The second kappa shape index (κ2) is 9.04. The van der Waals surface area contributed by atoms with E-state index < -0.39 is 11.6 Å². The van der Waals surface area contributed by atoms with Crippen molar-refractivity contribution >= 4 is 30.3 Å². The van der Waals surface area contributed by atoms with Gasteiger partial charge >= 0.3 is 6.03 Å². The summed E-state index contributed by atoms with van der Waals surface area (Å²) in [6.45, 7) is 10.3. The van der Waals surface area contributed by atoms with Gasteiger partial charge in [-0.15, -0.1) is 12.4 Å². The van der Waals surface area contributed by atoms with E-state index in [0.717, 1.165) is 24.3 Å². The summed E-state index contributed by atoms with van der Waals surface area (Å²) >= 11 is 0. The highest BCUT2D eigenvalue weighted by atomic mass is 35.5. The second-order valence-corrected chi connectivity index (χ2v) is 8.36. The zero-order valence-corrected chi connectivity index (χ0v) is 17.1. The van der Waals surface area contributed by atoms with E-state index in [-0.39, 0.29) is 36.2 Å². The Bertz CT molecular complexity index is 541. The average molecular weight is 389 g/mol. The maximum Gasteiger partial charge on any atom is 0.325 e. The van der Waals surface area contributed by atoms with E-state index in [1.165, 1.54) is 0 Å². The summed E-state index contributed by atoms with van der Waals surface area (Å²) in [6, 6.07) is -0.450. The predicted octanol–water partition coefficient (Wildman–Crippen LogP) is 1.66. The fourth-order valence-corrected chi connectivity index (χ4v) is 4.44. The van der Waals surface area contributed by atoms with Crippen LogP contribution in [-0.4, -0.2) is 54.5 Å². The van der Waals surface area contributed by atoms with Gasteiger partial charge < -0.3 is 16.0 Å². The molecule has 1 heterocycles. The third-order valence-corrected chi connectivity index (χ3v) is 4.98. The minimum absolute atomic E-state index is 0. The number of hydrogen-bond acceptors (Lipinski definition) is 4. The average Bonchev–Trinajstić information content (AvgIpc) is 2.68. The van der Waals surface area contributed by atoms with Gasteiger partial charge in [0, 0.05) is 13.1 Å². The standard InChI is InChI=1S/C18H32N4O3.ClH/c1-5-6-19-7-8-20-14(23)11-22-15(24)18(21-16(22)25)10-13(2)9-17(3,4)12-18;/h13,19H,5-12H2,1-4H3,(H,20,23)(H,21,25);1H. The molecule has 150 valence electrons.